The quantitative estimate of drug-likeness (QED) is 0.908. The summed E-state index contributed by atoms with van der Waals surface area (Å²) in [5.74, 6) is -0.666. The molecule has 1 N–H and O–H groups in total. The Morgan fingerprint density at radius 1 is 1.30 bits per heavy atom. The van der Waals surface area contributed by atoms with Crippen LogP contribution in [0.15, 0.2) is 52.0 Å². The molecule has 0 radical (unpaired) electrons. The highest BCUT2D eigenvalue weighted by atomic mass is 32.2. The molecule has 20 heavy (non-hydrogen) atoms. The van der Waals surface area contributed by atoms with Gasteiger partial charge in [-0.2, -0.15) is 4.31 Å². The number of hydrogen-bond acceptors (Lipinski definition) is 4. The minimum Gasteiger partial charge on any atom is -0.478 e. The smallest absolute Gasteiger partial charge is 0.335 e. The Morgan fingerprint density at radius 3 is 2.65 bits per heavy atom. The molecule has 106 valence electrons. The third-order valence-electron chi connectivity index (χ3n) is 2.75. The van der Waals surface area contributed by atoms with Crippen LogP contribution in [0.2, 0.25) is 0 Å². The van der Waals surface area contributed by atoms with Crippen LogP contribution in [0.4, 0.5) is 0 Å². The van der Waals surface area contributed by atoms with Gasteiger partial charge < -0.3 is 9.52 Å². The monoisotopic (exact) mass is 295 g/mol. The molecule has 2 rings (SSSR count). The maximum Gasteiger partial charge on any atom is 0.335 e. The average Bonchev–Trinajstić information content (AvgIpc) is 2.91. The summed E-state index contributed by atoms with van der Waals surface area (Å²) >= 11 is 0. The van der Waals surface area contributed by atoms with E-state index in [1.807, 2.05) is 0 Å². The Balaban J connectivity index is 2.29. The second-order valence-corrected chi connectivity index (χ2v) is 6.22. The Kier molecular flexibility index (Phi) is 3.91. The van der Waals surface area contributed by atoms with Crippen molar-refractivity contribution in [2.45, 2.75) is 11.4 Å². The van der Waals surface area contributed by atoms with E-state index in [1.54, 1.807) is 12.1 Å². The van der Waals surface area contributed by atoms with E-state index in [2.05, 4.69) is 0 Å². The van der Waals surface area contributed by atoms with Crippen LogP contribution in [0.3, 0.4) is 0 Å². The molecule has 7 heteroatoms. The standard InChI is InChI=1S/C13H13NO5S/c1-14(9-11-5-3-7-19-11)20(17,18)12-6-2-4-10(8-12)13(15)16/h2-8H,9H2,1H3,(H,15,16). The molecule has 0 saturated heterocycles. The maximum atomic E-state index is 12.3. The molecule has 0 saturated carbocycles. The first-order chi connectivity index (χ1) is 9.41. The minimum absolute atomic E-state index is 0.0635. The molecular weight excluding hydrogens is 282 g/mol. The van der Waals surface area contributed by atoms with Gasteiger partial charge in [0, 0.05) is 7.05 Å². The van der Waals surface area contributed by atoms with Gasteiger partial charge in [0.05, 0.1) is 23.3 Å². The molecule has 0 spiro atoms. The maximum absolute atomic E-state index is 12.3. The molecule has 0 bridgehead atoms. The van der Waals surface area contributed by atoms with Gasteiger partial charge in [-0.25, -0.2) is 13.2 Å². The van der Waals surface area contributed by atoms with E-state index in [1.165, 1.54) is 31.5 Å². The van der Waals surface area contributed by atoms with E-state index >= 15 is 0 Å². The second kappa shape index (κ2) is 5.48. The number of carboxylic acid groups (broad SMARTS) is 1. The van der Waals surface area contributed by atoms with E-state index in [0.29, 0.717) is 5.76 Å². The van der Waals surface area contributed by atoms with Crippen molar-refractivity contribution < 1.29 is 22.7 Å². The van der Waals surface area contributed by atoms with E-state index in [4.69, 9.17) is 9.52 Å². The molecule has 0 aliphatic rings. The molecule has 2 aromatic rings. The van der Waals surface area contributed by atoms with Gasteiger partial charge in [-0.1, -0.05) is 6.07 Å². The number of nitrogens with zero attached hydrogens (tertiary/aromatic N) is 1. The van der Waals surface area contributed by atoms with E-state index in [9.17, 15) is 13.2 Å². The molecule has 0 aliphatic heterocycles. The molecule has 0 atom stereocenters. The SMILES string of the molecule is CN(Cc1ccco1)S(=O)(=O)c1cccc(C(=O)O)c1. The van der Waals surface area contributed by atoms with Gasteiger partial charge in [0.15, 0.2) is 0 Å². The van der Waals surface area contributed by atoms with E-state index in [-0.39, 0.29) is 17.0 Å². The Bertz CT molecular complexity index is 706. The summed E-state index contributed by atoms with van der Waals surface area (Å²) in [6.45, 7) is 0.0760. The summed E-state index contributed by atoms with van der Waals surface area (Å²) in [7, 11) is -2.35. The molecule has 1 heterocycles. The second-order valence-electron chi connectivity index (χ2n) is 4.17. The van der Waals surface area contributed by atoms with Crippen LogP contribution in [0.5, 0.6) is 0 Å². The van der Waals surface area contributed by atoms with Crippen molar-refractivity contribution in [2.75, 3.05) is 7.05 Å². The Morgan fingerprint density at radius 2 is 2.05 bits per heavy atom. The molecule has 1 aromatic carbocycles. The highest BCUT2D eigenvalue weighted by molar-refractivity contribution is 7.89. The van der Waals surface area contributed by atoms with Crippen LogP contribution in [-0.4, -0.2) is 30.8 Å². The van der Waals surface area contributed by atoms with E-state index < -0.39 is 16.0 Å². The molecule has 0 aliphatic carbocycles. The number of aromatic carboxylic acids is 1. The van der Waals surface area contributed by atoms with E-state index in [0.717, 1.165) is 10.4 Å². The van der Waals surface area contributed by atoms with Crippen LogP contribution in [0.1, 0.15) is 16.1 Å². The van der Waals surface area contributed by atoms with Crippen LogP contribution in [-0.2, 0) is 16.6 Å². The fraction of sp³-hybridized carbons (Fsp3) is 0.154. The van der Waals surface area contributed by atoms with Gasteiger partial charge in [0.25, 0.3) is 0 Å². The summed E-state index contributed by atoms with van der Waals surface area (Å²) in [6, 6.07) is 8.57. The van der Waals surface area contributed by atoms with Crippen LogP contribution >= 0.6 is 0 Å². The summed E-state index contributed by atoms with van der Waals surface area (Å²) in [5.41, 5.74) is -0.0718. The summed E-state index contributed by atoms with van der Waals surface area (Å²) in [5, 5.41) is 8.90. The Hall–Kier alpha value is -2.12. The van der Waals surface area contributed by atoms with Crippen LogP contribution in [0.25, 0.3) is 0 Å². The zero-order valence-corrected chi connectivity index (χ0v) is 11.5. The number of sulfonamides is 1. The van der Waals surface area contributed by atoms with Gasteiger partial charge in [-0.3, -0.25) is 0 Å². The third-order valence-corrected chi connectivity index (χ3v) is 4.55. The third kappa shape index (κ3) is 2.89. The predicted molar refractivity (Wildman–Crippen MR) is 70.8 cm³/mol. The topological polar surface area (TPSA) is 87.8 Å². The molecule has 0 amide bonds. The molecule has 0 fully saturated rings. The number of hydrogen-bond donors (Lipinski definition) is 1. The van der Waals surface area contributed by atoms with Crippen molar-refractivity contribution >= 4 is 16.0 Å². The van der Waals surface area contributed by atoms with Gasteiger partial charge in [-0.15, -0.1) is 0 Å². The molecule has 1 aromatic heterocycles. The number of furan rings is 1. The first-order valence-corrected chi connectivity index (χ1v) is 7.17. The lowest BCUT2D eigenvalue weighted by Crippen LogP contribution is -2.26. The average molecular weight is 295 g/mol. The molecular formula is C13H13NO5S. The fourth-order valence-electron chi connectivity index (χ4n) is 1.68. The van der Waals surface area contributed by atoms with Crippen molar-refractivity contribution in [3.63, 3.8) is 0 Å². The number of benzene rings is 1. The lowest BCUT2D eigenvalue weighted by atomic mass is 10.2. The van der Waals surface area contributed by atoms with Crippen LogP contribution in [0, 0.1) is 0 Å². The lowest BCUT2D eigenvalue weighted by Gasteiger charge is -2.16. The van der Waals surface area contributed by atoms with Crippen molar-refractivity contribution in [1.29, 1.82) is 0 Å². The normalized spacial score (nSPS) is 11.7. The fourth-order valence-corrected chi connectivity index (χ4v) is 2.86. The molecule has 6 nitrogen and oxygen atoms in total. The summed E-state index contributed by atoms with van der Waals surface area (Å²) in [4.78, 5) is 10.8. The Labute approximate surface area is 116 Å². The zero-order chi connectivity index (χ0) is 14.8. The predicted octanol–water partition coefficient (Wildman–Crippen LogP) is 1.80. The zero-order valence-electron chi connectivity index (χ0n) is 10.7. The number of rotatable bonds is 5. The minimum atomic E-state index is -3.76. The number of carboxylic acids is 1. The van der Waals surface area contributed by atoms with Gasteiger partial charge in [0.1, 0.15) is 5.76 Å². The van der Waals surface area contributed by atoms with Gasteiger partial charge in [0.2, 0.25) is 10.0 Å². The van der Waals surface area contributed by atoms with Crippen LogP contribution < -0.4 is 0 Å². The number of carbonyl (C=O) groups is 1. The van der Waals surface area contributed by atoms with Crippen molar-refractivity contribution in [2.24, 2.45) is 0 Å². The van der Waals surface area contributed by atoms with Crippen molar-refractivity contribution in [3.8, 4) is 0 Å². The van der Waals surface area contributed by atoms with Crippen molar-refractivity contribution in [3.05, 3.63) is 54.0 Å². The largest absolute Gasteiger partial charge is 0.478 e. The summed E-state index contributed by atoms with van der Waals surface area (Å²) < 4.78 is 30.8. The first-order valence-electron chi connectivity index (χ1n) is 5.73. The molecule has 0 unspecified atom stereocenters. The first kappa shape index (κ1) is 14.3. The lowest BCUT2D eigenvalue weighted by molar-refractivity contribution is 0.0696. The van der Waals surface area contributed by atoms with Crippen molar-refractivity contribution in [1.82, 2.24) is 4.31 Å². The highest BCUT2D eigenvalue weighted by Gasteiger charge is 2.22. The highest BCUT2D eigenvalue weighted by Crippen LogP contribution is 2.18. The van der Waals surface area contributed by atoms with Gasteiger partial charge >= 0.3 is 5.97 Å². The van der Waals surface area contributed by atoms with Gasteiger partial charge in [-0.05, 0) is 30.3 Å². The summed E-state index contributed by atoms with van der Waals surface area (Å²) in [6.07, 6.45) is 1.46.